The number of nitrogens with zero attached hydrogens (tertiary/aromatic N) is 1. The Kier molecular flexibility index (Phi) is 7.44. The molecule has 0 aromatic heterocycles. The van der Waals surface area contributed by atoms with Gasteiger partial charge in [0, 0.05) is 11.3 Å². The minimum Gasteiger partial charge on any atom is -0.507 e. The molecule has 36 heavy (non-hydrogen) atoms. The quantitative estimate of drug-likeness (QED) is 0.232. The zero-order chi connectivity index (χ0) is 25.8. The van der Waals surface area contributed by atoms with Gasteiger partial charge in [0.1, 0.15) is 17.3 Å². The van der Waals surface area contributed by atoms with E-state index in [0.717, 1.165) is 16.9 Å². The van der Waals surface area contributed by atoms with Crippen molar-refractivity contribution in [1.29, 1.82) is 0 Å². The topological polar surface area (TPSA) is 76.1 Å². The Bertz CT molecular complexity index is 1280. The zero-order valence-corrected chi connectivity index (χ0v) is 21.0. The third kappa shape index (κ3) is 4.71. The molecule has 3 aromatic carbocycles. The van der Waals surface area contributed by atoms with Gasteiger partial charge < -0.3 is 14.6 Å². The van der Waals surface area contributed by atoms with Crippen molar-refractivity contribution < 1.29 is 24.2 Å². The molecule has 0 aliphatic carbocycles. The van der Waals surface area contributed by atoms with Gasteiger partial charge in [-0.25, -0.2) is 0 Å². The Balaban J connectivity index is 1.87. The van der Waals surface area contributed by atoms with Crippen LogP contribution in [0.4, 0.5) is 5.69 Å². The second-order valence-corrected chi connectivity index (χ2v) is 8.85. The predicted octanol–water partition coefficient (Wildman–Crippen LogP) is 6.23. The van der Waals surface area contributed by atoms with E-state index in [4.69, 9.17) is 9.47 Å². The van der Waals surface area contributed by atoms with Gasteiger partial charge in [0.05, 0.1) is 24.8 Å². The lowest BCUT2D eigenvalue weighted by atomic mass is 9.93. The van der Waals surface area contributed by atoms with Crippen molar-refractivity contribution in [3.63, 3.8) is 0 Å². The average molecular weight is 486 g/mol. The number of anilines is 1. The number of amides is 1. The summed E-state index contributed by atoms with van der Waals surface area (Å²) in [5.41, 5.74) is 2.70. The van der Waals surface area contributed by atoms with Gasteiger partial charge in [0.2, 0.25) is 0 Å². The first kappa shape index (κ1) is 25.0. The summed E-state index contributed by atoms with van der Waals surface area (Å²) in [4.78, 5) is 28.2. The SMILES string of the molecule is CCOc1ccc(N2C(=O)C(=O)/C(=C(\O)c3ccc(OCC)c(C(C)C)c3)C2c2ccccc2)cc1. The standard InChI is InChI=1S/C30H31NO5/c1-5-35-23-15-13-22(14-16-23)31-27(20-10-8-7-9-11-20)26(29(33)30(31)34)28(32)21-12-17-25(36-6-2)24(18-21)19(3)4/h7-19,27,32H,5-6H2,1-4H3/b28-26-. The van der Waals surface area contributed by atoms with Crippen molar-refractivity contribution in [2.45, 2.75) is 39.7 Å². The molecule has 1 fully saturated rings. The van der Waals surface area contributed by atoms with Crippen LogP contribution >= 0.6 is 0 Å². The number of Topliss-reactive ketones (excluding diaryl/α,β-unsaturated/α-hetero) is 1. The molecule has 1 unspecified atom stereocenters. The molecule has 1 saturated heterocycles. The van der Waals surface area contributed by atoms with Gasteiger partial charge in [-0.3, -0.25) is 14.5 Å². The lowest BCUT2D eigenvalue weighted by Crippen LogP contribution is -2.29. The van der Waals surface area contributed by atoms with Crippen molar-refractivity contribution in [2.24, 2.45) is 0 Å². The average Bonchev–Trinajstić information content (AvgIpc) is 3.15. The number of hydrogen-bond donors (Lipinski definition) is 1. The normalized spacial score (nSPS) is 17.0. The van der Waals surface area contributed by atoms with E-state index in [1.54, 1.807) is 36.4 Å². The number of ketones is 1. The second-order valence-electron chi connectivity index (χ2n) is 8.85. The van der Waals surface area contributed by atoms with Crippen LogP contribution in [0.15, 0.2) is 78.4 Å². The summed E-state index contributed by atoms with van der Waals surface area (Å²) in [5, 5.41) is 11.5. The highest BCUT2D eigenvalue weighted by Crippen LogP contribution is 2.43. The molecule has 1 heterocycles. The fourth-order valence-corrected chi connectivity index (χ4v) is 4.51. The molecule has 1 N–H and O–H groups in total. The van der Waals surface area contributed by atoms with Crippen molar-refractivity contribution in [2.75, 3.05) is 18.1 Å². The van der Waals surface area contributed by atoms with Crippen molar-refractivity contribution in [3.8, 4) is 11.5 Å². The van der Waals surface area contributed by atoms with Crippen LogP contribution in [0.5, 0.6) is 11.5 Å². The summed E-state index contributed by atoms with van der Waals surface area (Å²) in [7, 11) is 0. The first-order valence-corrected chi connectivity index (χ1v) is 12.2. The minimum absolute atomic E-state index is 0.0546. The highest BCUT2D eigenvalue weighted by molar-refractivity contribution is 6.51. The van der Waals surface area contributed by atoms with E-state index in [0.29, 0.717) is 30.2 Å². The third-order valence-corrected chi connectivity index (χ3v) is 6.19. The molecule has 0 radical (unpaired) electrons. The van der Waals surface area contributed by atoms with Crippen LogP contribution < -0.4 is 14.4 Å². The molecule has 6 nitrogen and oxygen atoms in total. The van der Waals surface area contributed by atoms with Gasteiger partial charge in [-0.05, 0) is 73.4 Å². The number of aliphatic hydroxyl groups is 1. The maximum atomic E-state index is 13.4. The number of rotatable bonds is 8. The van der Waals surface area contributed by atoms with E-state index in [2.05, 4.69) is 0 Å². The largest absolute Gasteiger partial charge is 0.507 e. The molecule has 0 saturated carbocycles. The number of hydrogen-bond acceptors (Lipinski definition) is 5. The van der Waals surface area contributed by atoms with Crippen LogP contribution in [0.1, 0.15) is 56.3 Å². The zero-order valence-electron chi connectivity index (χ0n) is 21.0. The highest BCUT2D eigenvalue weighted by Gasteiger charge is 2.47. The fourth-order valence-electron chi connectivity index (χ4n) is 4.51. The summed E-state index contributed by atoms with van der Waals surface area (Å²) in [6.45, 7) is 8.93. The summed E-state index contributed by atoms with van der Waals surface area (Å²) in [6, 6.07) is 20.9. The lowest BCUT2D eigenvalue weighted by molar-refractivity contribution is -0.132. The van der Waals surface area contributed by atoms with Crippen molar-refractivity contribution >= 4 is 23.1 Å². The van der Waals surface area contributed by atoms with Gasteiger partial charge >= 0.3 is 0 Å². The Morgan fingerprint density at radius 1 is 0.917 bits per heavy atom. The van der Waals surface area contributed by atoms with Gasteiger partial charge in [-0.2, -0.15) is 0 Å². The van der Waals surface area contributed by atoms with Crippen molar-refractivity contribution in [1.82, 2.24) is 0 Å². The molecule has 1 aliphatic rings. The van der Waals surface area contributed by atoms with E-state index in [1.807, 2.05) is 64.1 Å². The maximum Gasteiger partial charge on any atom is 0.300 e. The van der Waals surface area contributed by atoms with E-state index in [9.17, 15) is 14.7 Å². The smallest absolute Gasteiger partial charge is 0.300 e. The molecule has 1 amide bonds. The molecule has 1 atom stereocenters. The van der Waals surface area contributed by atoms with Gasteiger partial charge in [0.25, 0.3) is 11.7 Å². The second kappa shape index (κ2) is 10.7. The Labute approximate surface area is 211 Å². The number of benzene rings is 3. The number of aliphatic hydroxyl groups excluding tert-OH is 1. The lowest BCUT2D eigenvalue weighted by Gasteiger charge is -2.25. The predicted molar refractivity (Wildman–Crippen MR) is 141 cm³/mol. The van der Waals surface area contributed by atoms with E-state index >= 15 is 0 Å². The molecule has 0 spiro atoms. The summed E-state index contributed by atoms with van der Waals surface area (Å²) in [5.74, 6) is -0.0842. The van der Waals surface area contributed by atoms with Crippen LogP contribution in [-0.2, 0) is 9.59 Å². The molecule has 1 aliphatic heterocycles. The molecular weight excluding hydrogens is 454 g/mol. The summed E-state index contributed by atoms with van der Waals surface area (Å²) < 4.78 is 11.3. The van der Waals surface area contributed by atoms with E-state index < -0.39 is 17.7 Å². The van der Waals surface area contributed by atoms with Crippen LogP contribution in [0, 0.1) is 0 Å². The van der Waals surface area contributed by atoms with Crippen LogP contribution in [-0.4, -0.2) is 30.0 Å². The first-order valence-electron chi connectivity index (χ1n) is 12.2. The fraction of sp³-hybridized carbons (Fsp3) is 0.267. The van der Waals surface area contributed by atoms with Crippen LogP contribution in [0.2, 0.25) is 0 Å². The van der Waals surface area contributed by atoms with E-state index in [1.165, 1.54) is 4.90 Å². The van der Waals surface area contributed by atoms with Gasteiger partial charge in [0.15, 0.2) is 0 Å². The van der Waals surface area contributed by atoms with Crippen LogP contribution in [0.25, 0.3) is 5.76 Å². The first-order chi connectivity index (χ1) is 17.4. The molecule has 3 aromatic rings. The van der Waals surface area contributed by atoms with Gasteiger partial charge in [-0.15, -0.1) is 0 Å². The molecule has 6 heteroatoms. The Morgan fingerprint density at radius 3 is 2.19 bits per heavy atom. The maximum absolute atomic E-state index is 13.4. The number of carbonyl (C=O) groups excluding carboxylic acids is 2. The molecule has 4 rings (SSSR count). The molecule has 0 bridgehead atoms. The van der Waals surface area contributed by atoms with Crippen molar-refractivity contribution in [3.05, 3.63) is 95.1 Å². The summed E-state index contributed by atoms with van der Waals surface area (Å²) >= 11 is 0. The third-order valence-electron chi connectivity index (χ3n) is 6.19. The minimum atomic E-state index is -0.779. The highest BCUT2D eigenvalue weighted by atomic mass is 16.5. The summed E-state index contributed by atoms with van der Waals surface area (Å²) in [6.07, 6.45) is 0. The molecular formula is C30H31NO5. The monoisotopic (exact) mass is 485 g/mol. The Morgan fingerprint density at radius 2 is 1.58 bits per heavy atom. The molecule has 186 valence electrons. The number of ether oxygens (including phenoxy) is 2. The Hall–Kier alpha value is -4.06. The number of carbonyl (C=O) groups is 2. The van der Waals surface area contributed by atoms with E-state index in [-0.39, 0.29) is 17.3 Å². The van der Waals surface area contributed by atoms with Crippen LogP contribution in [0.3, 0.4) is 0 Å². The van der Waals surface area contributed by atoms with Gasteiger partial charge in [-0.1, -0.05) is 44.2 Å².